The summed E-state index contributed by atoms with van der Waals surface area (Å²) in [7, 11) is 0. The van der Waals surface area contributed by atoms with Crippen LogP contribution in [0.1, 0.15) is 17.0 Å². The summed E-state index contributed by atoms with van der Waals surface area (Å²) in [6.07, 6.45) is 1.26. The molecule has 0 spiro atoms. The topological polar surface area (TPSA) is 87.5 Å². The van der Waals surface area contributed by atoms with Crippen LogP contribution in [-0.4, -0.2) is 44.8 Å². The zero-order valence-electron chi connectivity index (χ0n) is 14.2. The van der Waals surface area contributed by atoms with Gasteiger partial charge in [0.15, 0.2) is 0 Å². The van der Waals surface area contributed by atoms with Crippen molar-refractivity contribution in [2.75, 3.05) is 18.5 Å². The van der Waals surface area contributed by atoms with Gasteiger partial charge in [-0.05, 0) is 37.6 Å². The van der Waals surface area contributed by atoms with Gasteiger partial charge in [-0.25, -0.2) is 0 Å². The molecule has 2 N–H and O–H groups in total. The molecule has 1 aliphatic rings. The van der Waals surface area contributed by atoms with Crippen LogP contribution in [0.2, 0.25) is 0 Å². The molecule has 7 heteroatoms. The van der Waals surface area contributed by atoms with E-state index in [-0.39, 0.29) is 18.8 Å². The molecular formula is C18H20N4O3. The van der Waals surface area contributed by atoms with Crippen molar-refractivity contribution in [3.8, 4) is 0 Å². The van der Waals surface area contributed by atoms with E-state index in [4.69, 9.17) is 5.11 Å². The van der Waals surface area contributed by atoms with Crippen LogP contribution in [0.3, 0.4) is 0 Å². The number of nitrogens with zero attached hydrogens (tertiary/aromatic N) is 3. The quantitative estimate of drug-likeness (QED) is 0.772. The van der Waals surface area contributed by atoms with Crippen molar-refractivity contribution in [3.63, 3.8) is 0 Å². The summed E-state index contributed by atoms with van der Waals surface area (Å²) in [5.41, 5.74) is 4.01. The average molecular weight is 340 g/mol. The Morgan fingerprint density at radius 2 is 2.00 bits per heavy atom. The lowest BCUT2D eigenvalue weighted by molar-refractivity contribution is -0.137. The van der Waals surface area contributed by atoms with Gasteiger partial charge < -0.3 is 10.4 Å². The first-order valence-electron chi connectivity index (χ1n) is 8.03. The molecule has 1 aromatic carbocycles. The van der Waals surface area contributed by atoms with E-state index >= 15 is 0 Å². The zero-order valence-corrected chi connectivity index (χ0v) is 14.2. The number of hydrogen-bond acceptors (Lipinski definition) is 5. The third kappa shape index (κ3) is 3.61. The Kier molecular flexibility index (Phi) is 4.67. The van der Waals surface area contributed by atoms with Gasteiger partial charge >= 0.3 is 0 Å². The fraction of sp³-hybridized carbons (Fsp3) is 0.278. The van der Waals surface area contributed by atoms with E-state index in [1.54, 1.807) is 0 Å². The molecule has 1 aliphatic heterocycles. The van der Waals surface area contributed by atoms with Crippen LogP contribution in [-0.2, 0) is 16.1 Å². The second-order valence-electron chi connectivity index (χ2n) is 5.99. The highest BCUT2D eigenvalue weighted by molar-refractivity contribution is 6.17. The molecule has 3 rings (SSSR count). The predicted octanol–water partition coefficient (Wildman–Crippen LogP) is 1.21. The molecule has 0 saturated carbocycles. The van der Waals surface area contributed by atoms with Gasteiger partial charge in [0, 0.05) is 17.5 Å². The molecule has 2 aromatic rings. The minimum atomic E-state index is -0.428. The molecule has 0 unspecified atom stereocenters. The molecule has 130 valence electrons. The average Bonchev–Trinajstić information content (AvgIpc) is 3.01. The van der Waals surface area contributed by atoms with Crippen LogP contribution in [0, 0.1) is 13.8 Å². The maximum absolute atomic E-state index is 12.2. The molecule has 0 aliphatic carbocycles. The van der Waals surface area contributed by atoms with E-state index in [1.165, 1.54) is 6.08 Å². The second-order valence-corrected chi connectivity index (χ2v) is 5.99. The summed E-state index contributed by atoms with van der Waals surface area (Å²) in [6, 6.07) is 9.64. The molecule has 2 amide bonds. The number of anilines is 1. The monoisotopic (exact) mass is 340 g/mol. The molecule has 25 heavy (non-hydrogen) atoms. The molecular weight excluding hydrogens is 320 g/mol. The van der Waals surface area contributed by atoms with Crippen LogP contribution in [0.25, 0.3) is 0 Å². The van der Waals surface area contributed by atoms with E-state index in [0.29, 0.717) is 6.54 Å². The second kappa shape index (κ2) is 6.90. The molecule has 0 bridgehead atoms. The van der Waals surface area contributed by atoms with Gasteiger partial charge in [0.1, 0.15) is 5.70 Å². The summed E-state index contributed by atoms with van der Waals surface area (Å²) >= 11 is 0. The summed E-state index contributed by atoms with van der Waals surface area (Å²) in [5.74, 6) is -0.844. The number of hydrogen-bond donors (Lipinski definition) is 2. The molecule has 0 saturated heterocycles. The van der Waals surface area contributed by atoms with E-state index < -0.39 is 11.8 Å². The lowest BCUT2D eigenvalue weighted by atomic mass is 10.2. The highest BCUT2D eigenvalue weighted by Gasteiger charge is 2.30. The molecule has 0 radical (unpaired) electrons. The van der Waals surface area contributed by atoms with Crippen molar-refractivity contribution in [1.29, 1.82) is 0 Å². The SMILES string of the molecule is Cc1cc(C)n(Cc2cccc(NC3=CC(=O)N(CCO)C3=O)c2)n1. The van der Waals surface area contributed by atoms with Crippen LogP contribution in [0.4, 0.5) is 5.69 Å². The highest BCUT2D eigenvalue weighted by Crippen LogP contribution is 2.19. The smallest absolute Gasteiger partial charge is 0.277 e. The number of aryl methyl sites for hydroxylation is 2. The predicted molar refractivity (Wildman–Crippen MR) is 92.8 cm³/mol. The maximum atomic E-state index is 12.2. The number of β-amino-alcohol motifs (C(OH)–C–C–N with tert-alkyl or cyclic N) is 1. The molecule has 2 heterocycles. The highest BCUT2D eigenvalue weighted by atomic mass is 16.3. The standard InChI is InChI=1S/C18H20N4O3/c1-12-8-13(2)22(20-12)11-14-4-3-5-15(9-14)19-16-10-17(24)21(6-7-23)18(16)25/h3-5,8-10,19,23H,6-7,11H2,1-2H3. The zero-order chi connectivity index (χ0) is 18.0. The van der Waals surface area contributed by atoms with Crippen molar-refractivity contribution < 1.29 is 14.7 Å². The van der Waals surface area contributed by atoms with Gasteiger partial charge in [0.25, 0.3) is 11.8 Å². The molecule has 7 nitrogen and oxygen atoms in total. The number of imide groups is 1. The largest absolute Gasteiger partial charge is 0.395 e. The van der Waals surface area contributed by atoms with E-state index in [2.05, 4.69) is 10.4 Å². The Labute approximate surface area is 145 Å². The number of amides is 2. The lowest BCUT2D eigenvalue weighted by Crippen LogP contribution is -2.34. The van der Waals surface area contributed by atoms with Crippen molar-refractivity contribution in [2.45, 2.75) is 20.4 Å². The first-order valence-corrected chi connectivity index (χ1v) is 8.03. The van der Waals surface area contributed by atoms with Crippen molar-refractivity contribution in [2.24, 2.45) is 0 Å². The van der Waals surface area contributed by atoms with Gasteiger partial charge in [-0.15, -0.1) is 0 Å². The number of nitrogens with one attached hydrogen (secondary N) is 1. The minimum Gasteiger partial charge on any atom is -0.395 e. The van der Waals surface area contributed by atoms with E-state index in [1.807, 2.05) is 48.9 Å². The van der Waals surface area contributed by atoms with E-state index in [0.717, 1.165) is 27.5 Å². The number of rotatable bonds is 6. The van der Waals surface area contributed by atoms with Crippen molar-refractivity contribution in [3.05, 3.63) is 59.1 Å². The Balaban J connectivity index is 1.74. The van der Waals surface area contributed by atoms with Crippen LogP contribution in [0.15, 0.2) is 42.1 Å². The van der Waals surface area contributed by atoms with E-state index in [9.17, 15) is 9.59 Å². The van der Waals surface area contributed by atoms with Gasteiger partial charge in [0.05, 0.1) is 25.4 Å². The summed E-state index contributed by atoms with van der Waals surface area (Å²) in [4.78, 5) is 25.0. The van der Waals surface area contributed by atoms with Gasteiger partial charge in [0.2, 0.25) is 0 Å². The summed E-state index contributed by atoms with van der Waals surface area (Å²) in [6.45, 7) is 4.33. The number of benzene rings is 1. The number of carbonyl (C=O) groups excluding carboxylic acids is 2. The normalized spacial score (nSPS) is 14.2. The maximum Gasteiger partial charge on any atom is 0.277 e. The fourth-order valence-electron chi connectivity index (χ4n) is 2.82. The Morgan fingerprint density at radius 3 is 2.68 bits per heavy atom. The summed E-state index contributed by atoms with van der Waals surface area (Å²) < 4.78 is 1.92. The number of aliphatic hydroxyl groups is 1. The Bertz CT molecular complexity index is 854. The van der Waals surface area contributed by atoms with Crippen LogP contribution in [0.5, 0.6) is 0 Å². The third-order valence-electron chi connectivity index (χ3n) is 3.97. The van der Waals surface area contributed by atoms with Gasteiger partial charge in [-0.3, -0.25) is 19.2 Å². The van der Waals surface area contributed by atoms with Crippen LogP contribution < -0.4 is 5.32 Å². The van der Waals surface area contributed by atoms with Gasteiger partial charge in [-0.2, -0.15) is 5.10 Å². The van der Waals surface area contributed by atoms with Crippen LogP contribution >= 0.6 is 0 Å². The lowest BCUT2D eigenvalue weighted by Gasteiger charge is -2.14. The Hall–Kier alpha value is -2.93. The number of aromatic nitrogens is 2. The van der Waals surface area contributed by atoms with Gasteiger partial charge in [-0.1, -0.05) is 12.1 Å². The first kappa shape index (κ1) is 16.9. The molecule has 0 atom stereocenters. The number of carbonyl (C=O) groups is 2. The first-order chi connectivity index (χ1) is 12.0. The Morgan fingerprint density at radius 1 is 1.20 bits per heavy atom. The summed E-state index contributed by atoms with van der Waals surface area (Å²) in [5, 5.41) is 16.4. The minimum absolute atomic E-state index is 0.00267. The van der Waals surface area contributed by atoms with Crippen molar-refractivity contribution in [1.82, 2.24) is 14.7 Å². The number of aliphatic hydroxyl groups excluding tert-OH is 1. The fourth-order valence-corrected chi connectivity index (χ4v) is 2.82. The van der Waals surface area contributed by atoms with Crippen molar-refractivity contribution >= 4 is 17.5 Å². The molecule has 1 aromatic heterocycles. The molecule has 0 fully saturated rings. The third-order valence-corrected chi connectivity index (χ3v) is 3.97.